The van der Waals surface area contributed by atoms with E-state index in [4.69, 9.17) is 0 Å². The van der Waals surface area contributed by atoms with Gasteiger partial charge >= 0.3 is 0 Å². The Labute approximate surface area is 113 Å². The molecule has 0 bridgehead atoms. The Kier molecular flexibility index (Phi) is 3.48. The molecule has 0 amide bonds. The summed E-state index contributed by atoms with van der Waals surface area (Å²) >= 11 is 1.77. The molecule has 1 unspecified atom stereocenters. The van der Waals surface area contributed by atoms with Crippen molar-refractivity contribution in [3.63, 3.8) is 0 Å². The lowest BCUT2D eigenvalue weighted by atomic mass is 9.88. The number of hydrogen-bond acceptors (Lipinski definition) is 2. The summed E-state index contributed by atoms with van der Waals surface area (Å²) in [7, 11) is 2.04. The second-order valence-corrected chi connectivity index (χ2v) is 5.79. The normalized spacial score (nSPS) is 16.3. The first-order valence-corrected chi connectivity index (χ1v) is 7.64. The lowest BCUT2D eigenvalue weighted by Gasteiger charge is -2.21. The zero-order valence-corrected chi connectivity index (χ0v) is 11.6. The predicted molar refractivity (Wildman–Crippen MR) is 78.3 cm³/mol. The van der Waals surface area contributed by atoms with Crippen LogP contribution in [0.3, 0.4) is 0 Å². The smallest absolute Gasteiger partial charge is 0.0582 e. The first kappa shape index (κ1) is 11.9. The van der Waals surface area contributed by atoms with Gasteiger partial charge in [0, 0.05) is 0 Å². The van der Waals surface area contributed by atoms with E-state index in [2.05, 4.69) is 40.3 Å². The lowest BCUT2D eigenvalue weighted by Crippen LogP contribution is -2.17. The quantitative estimate of drug-likeness (QED) is 0.878. The molecular weight excluding hydrogens is 238 g/mol. The average Bonchev–Trinajstić information content (AvgIpc) is 2.93. The molecular formula is C16H19NS. The fourth-order valence-corrected chi connectivity index (χ4v) is 3.58. The maximum atomic E-state index is 3.43. The molecule has 1 heterocycles. The predicted octanol–water partition coefficient (Wildman–Crippen LogP) is 3.94. The Bertz CT molecular complexity index is 516. The summed E-state index contributed by atoms with van der Waals surface area (Å²) in [5, 5.41) is 7.82. The van der Waals surface area contributed by atoms with Crippen LogP contribution in [0.4, 0.5) is 0 Å². The molecule has 0 saturated heterocycles. The molecule has 1 aliphatic rings. The van der Waals surface area contributed by atoms with Gasteiger partial charge in [-0.15, -0.1) is 0 Å². The standard InChI is InChI=1S/C16H19NS/c1-17-16(15-8-9-18-11-15)14-7-6-12-4-2-3-5-13(12)10-14/h6-11,16-17H,2-5H2,1H3. The summed E-state index contributed by atoms with van der Waals surface area (Å²) in [6.45, 7) is 0. The molecule has 0 aliphatic heterocycles. The summed E-state index contributed by atoms with van der Waals surface area (Å²) in [6, 6.07) is 9.59. The van der Waals surface area contributed by atoms with Crippen molar-refractivity contribution < 1.29 is 0 Å². The molecule has 1 aliphatic carbocycles. The van der Waals surface area contributed by atoms with E-state index in [0.717, 1.165) is 0 Å². The maximum Gasteiger partial charge on any atom is 0.0582 e. The number of benzene rings is 1. The van der Waals surface area contributed by atoms with Gasteiger partial charge in [-0.3, -0.25) is 0 Å². The van der Waals surface area contributed by atoms with Gasteiger partial charge in [-0.25, -0.2) is 0 Å². The van der Waals surface area contributed by atoms with Crippen molar-refractivity contribution in [2.45, 2.75) is 31.7 Å². The van der Waals surface area contributed by atoms with Gasteiger partial charge in [0.25, 0.3) is 0 Å². The van der Waals surface area contributed by atoms with Gasteiger partial charge in [0.15, 0.2) is 0 Å². The number of aryl methyl sites for hydroxylation is 2. The summed E-state index contributed by atoms with van der Waals surface area (Å²) in [6.07, 6.45) is 5.22. The number of nitrogens with one attached hydrogen (secondary N) is 1. The van der Waals surface area contributed by atoms with Crippen molar-refractivity contribution in [2.24, 2.45) is 0 Å². The van der Waals surface area contributed by atoms with Crippen molar-refractivity contribution in [2.75, 3.05) is 7.05 Å². The van der Waals surface area contributed by atoms with E-state index < -0.39 is 0 Å². The number of hydrogen-bond donors (Lipinski definition) is 1. The zero-order valence-electron chi connectivity index (χ0n) is 10.8. The molecule has 1 atom stereocenters. The third kappa shape index (κ3) is 2.23. The molecule has 1 N–H and O–H groups in total. The van der Waals surface area contributed by atoms with Gasteiger partial charge in [-0.2, -0.15) is 11.3 Å². The Hall–Kier alpha value is -1.12. The first-order valence-electron chi connectivity index (χ1n) is 6.69. The highest BCUT2D eigenvalue weighted by Crippen LogP contribution is 2.28. The van der Waals surface area contributed by atoms with E-state index in [1.165, 1.54) is 36.8 Å². The number of thiophene rings is 1. The summed E-state index contributed by atoms with van der Waals surface area (Å²) in [5.74, 6) is 0. The molecule has 2 aromatic rings. The van der Waals surface area contributed by atoms with Gasteiger partial charge < -0.3 is 5.32 Å². The Morgan fingerprint density at radius 2 is 1.89 bits per heavy atom. The Morgan fingerprint density at radius 3 is 2.61 bits per heavy atom. The summed E-state index contributed by atoms with van der Waals surface area (Å²) in [4.78, 5) is 0. The molecule has 0 spiro atoms. The first-order chi connectivity index (χ1) is 8.88. The SMILES string of the molecule is CNC(c1ccsc1)c1ccc2c(c1)CCCC2. The molecule has 1 nitrogen and oxygen atoms in total. The van der Waals surface area contributed by atoms with Crippen LogP contribution in [0, 0.1) is 0 Å². The highest BCUT2D eigenvalue weighted by Gasteiger charge is 2.15. The van der Waals surface area contributed by atoms with E-state index in [0.29, 0.717) is 6.04 Å². The van der Waals surface area contributed by atoms with Crippen molar-refractivity contribution in [1.29, 1.82) is 0 Å². The molecule has 0 fully saturated rings. The van der Waals surface area contributed by atoms with Crippen LogP contribution < -0.4 is 5.32 Å². The molecule has 0 radical (unpaired) electrons. The highest BCUT2D eigenvalue weighted by molar-refractivity contribution is 7.08. The minimum Gasteiger partial charge on any atom is -0.309 e. The molecule has 2 heteroatoms. The second kappa shape index (κ2) is 5.25. The second-order valence-electron chi connectivity index (χ2n) is 5.01. The number of fused-ring (bicyclic) bond motifs is 1. The Balaban J connectivity index is 1.95. The number of rotatable bonds is 3. The third-order valence-corrected chi connectivity index (χ3v) is 4.57. The summed E-state index contributed by atoms with van der Waals surface area (Å²) in [5.41, 5.74) is 5.90. The van der Waals surface area contributed by atoms with E-state index in [1.54, 1.807) is 22.5 Å². The molecule has 3 rings (SSSR count). The van der Waals surface area contributed by atoms with Crippen LogP contribution in [-0.4, -0.2) is 7.05 Å². The van der Waals surface area contributed by atoms with Crippen molar-refractivity contribution in [1.82, 2.24) is 5.32 Å². The van der Waals surface area contributed by atoms with E-state index in [-0.39, 0.29) is 0 Å². The van der Waals surface area contributed by atoms with Crippen molar-refractivity contribution >= 4 is 11.3 Å². The van der Waals surface area contributed by atoms with Gasteiger partial charge in [-0.05, 0) is 71.8 Å². The topological polar surface area (TPSA) is 12.0 Å². The summed E-state index contributed by atoms with van der Waals surface area (Å²) < 4.78 is 0. The van der Waals surface area contributed by atoms with Crippen LogP contribution in [0.15, 0.2) is 35.0 Å². The third-order valence-electron chi connectivity index (χ3n) is 3.87. The van der Waals surface area contributed by atoms with Crippen LogP contribution in [0.25, 0.3) is 0 Å². The van der Waals surface area contributed by atoms with Crippen LogP contribution in [0.2, 0.25) is 0 Å². The van der Waals surface area contributed by atoms with Crippen LogP contribution >= 0.6 is 11.3 Å². The molecule has 0 saturated carbocycles. The molecule has 18 heavy (non-hydrogen) atoms. The fraction of sp³-hybridized carbons (Fsp3) is 0.375. The molecule has 1 aromatic carbocycles. The monoisotopic (exact) mass is 257 g/mol. The Morgan fingerprint density at radius 1 is 1.06 bits per heavy atom. The lowest BCUT2D eigenvalue weighted by molar-refractivity contribution is 0.669. The fourth-order valence-electron chi connectivity index (χ4n) is 2.90. The van der Waals surface area contributed by atoms with Crippen molar-refractivity contribution in [3.05, 3.63) is 57.3 Å². The highest BCUT2D eigenvalue weighted by atomic mass is 32.1. The van der Waals surface area contributed by atoms with E-state index in [1.807, 2.05) is 7.05 Å². The van der Waals surface area contributed by atoms with Crippen molar-refractivity contribution in [3.8, 4) is 0 Å². The van der Waals surface area contributed by atoms with Crippen LogP contribution in [0.5, 0.6) is 0 Å². The van der Waals surface area contributed by atoms with Crippen LogP contribution in [0.1, 0.15) is 41.1 Å². The minimum absolute atomic E-state index is 0.337. The van der Waals surface area contributed by atoms with E-state index in [9.17, 15) is 0 Å². The largest absolute Gasteiger partial charge is 0.309 e. The van der Waals surface area contributed by atoms with Gasteiger partial charge in [-0.1, -0.05) is 18.2 Å². The minimum atomic E-state index is 0.337. The maximum absolute atomic E-state index is 3.43. The van der Waals surface area contributed by atoms with Crippen LogP contribution in [-0.2, 0) is 12.8 Å². The van der Waals surface area contributed by atoms with Gasteiger partial charge in [0.05, 0.1) is 6.04 Å². The average molecular weight is 257 g/mol. The van der Waals surface area contributed by atoms with E-state index >= 15 is 0 Å². The molecule has 1 aromatic heterocycles. The molecule has 94 valence electrons. The van der Waals surface area contributed by atoms with Gasteiger partial charge in [0.1, 0.15) is 0 Å². The zero-order chi connectivity index (χ0) is 12.4. The van der Waals surface area contributed by atoms with Gasteiger partial charge in [0.2, 0.25) is 0 Å².